The van der Waals surface area contributed by atoms with E-state index in [-0.39, 0.29) is 12.4 Å². The van der Waals surface area contributed by atoms with E-state index in [0.717, 1.165) is 15.6 Å². The first-order valence-corrected chi connectivity index (χ1v) is 8.59. The molecule has 0 aromatic heterocycles. The average molecular weight is 391 g/mol. The average Bonchev–Trinajstić information content (AvgIpc) is 2.67. The molecule has 0 aliphatic heterocycles. The minimum Gasteiger partial charge on any atom is -0.484 e. The lowest BCUT2D eigenvalue weighted by atomic mass is 10.1. The van der Waals surface area contributed by atoms with Crippen molar-refractivity contribution in [1.82, 2.24) is 0 Å². The van der Waals surface area contributed by atoms with Crippen LogP contribution in [0.3, 0.4) is 0 Å². The highest BCUT2D eigenvalue weighted by molar-refractivity contribution is 9.10. The molecule has 0 N–H and O–H groups in total. The molecule has 0 aliphatic rings. The maximum atomic E-state index is 12.2. The highest BCUT2D eigenvalue weighted by atomic mass is 79.9. The van der Waals surface area contributed by atoms with Crippen LogP contribution in [0.25, 0.3) is 0 Å². The second-order valence-corrected chi connectivity index (χ2v) is 6.25. The van der Waals surface area contributed by atoms with E-state index in [1.165, 1.54) is 0 Å². The lowest BCUT2D eigenvalue weighted by molar-refractivity contribution is 0.0921. The van der Waals surface area contributed by atoms with Crippen molar-refractivity contribution < 1.29 is 9.53 Å². The summed E-state index contributed by atoms with van der Waals surface area (Å²) in [6.45, 7) is -0.0129. The number of para-hydroxylation sites is 1. The second-order valence-electron chi connectivity index (χ2n) is 5.33. The molecule has 3 aromatic rings. The molecular formula is C22H15BrO2. The van der Waals surface area contributed by atoms with Crippen LogP contribution in [-0.4, -0.2) is 12.4 Å². The fourth-order valence-corrected chi connectivity index (χ4v) is 2.48. The highest BCUT2D eigenvalue weighted by Crippen LogP contribution is 2.17. The number of ketones is 1. The number of carbonyl (C=O) groups is 1. The van der Waals surface area contributed by atoms with Gasteiger partial charge in [0, 0.05) is 15.6 Å². The van der Waals surface area contributed by atoms with Crippen molar-refractivity contribution in [3.8, 4) is 17.6 Å². The lowest BCUT2D eigenvalue weighted by Crippen LogP contribution is -2.11. The Morgan fingerprint density at radius 1 is 0.840 bits per heavy atom. The number of Topliss-reactive ketones (excluding diaryl/α,β-unsaturated/α-hetero) is 1. The third kappa shape index (κ3) is 4.82. The monoisotopic (exact) mass is 390 g/mol. The van der Waals surface area contributed by atoms with Gasteiger partial charge in [0.05, 0.1) is 5.56 Å². The normalized spacial score (nSPS) is 9.80. The SMILES string of the molecule is O=C(COc1ccccc1C#Cc1ccc(Br)cc1)c1ccccc1. The first-order valence-electron chi connectivity index (χ1n) is 7.80. The molecule has 3 heteroatoms. The van der Waals surface area contributed by atoms with Crippen LogP contribution in [0.4, 0.5) is 0 Å². The summed E-state index contributed by atoms with van der Waals surface area (Å²) < 4.78 is 6.72. The lowest BCUT2D eigenvalue weighted by Gasteiger charge is -2.07. The van der Waals surface area contributed by atoms with Crippen molar-refractivity contribution >= 4 is 21.7 Å². The molecule has 0 amide bonds. The van der Waals surface area contributed by atoms with Crippen molar-refractivity contribution in [2.24, 2.45) is 0 Å². The fourth-order valence-electron chi connectivity index (χ4n) is 2.22. The molecular weight excluding hydrogens is 376 g/mol. The van der Waals surface area contributed by atoms with Crippen LogP contribution in [-0.2, 0) is 0 Å². The van der Waals surface area contributed by atoms with E-state index in [9.17, 15) is 4.79 Å². The molecule has 0 saturated heterocycles. The fraction of sp³-hybridized carbons (Fsp3) is 0.0455. The summed E-state index contributed by atoms with van der Waals surface area (Å²) in [5.74, 6) is 6.77. The molecule has 122 valence electrons. The number of hydrogen-bond acceptors (Lipinski definition) is 2. The van der Waals surface area contributed by atoms with E-state index in [1.54, 1.807) is 12.1 Å². The molecule has 0 heterocycles. The van der Waals surface area contributed by atoms with Gasteiger partial charge in [-0.1, -0.05) is 70.2 Å². The number of hydrogen-bond donors (Lipinski definition) is 0. The predicted octanol–water partition coefficient (Wildman–Crippen LogP) is 5.11. The Bertz CT molecular complexity index is 919. The van der Waals surface area contributed by atoms with E-state index in [2.05, 4.69) is 27.8 Å². The Morgan fingerprint density at radius 2 is 1.52 bits per heavy atom. The van der Waals surface area contributed by atoms with E-state index in [0.29, 0.717) is 11.3 Å². The molecule has 25 heavy (non-hydrogen) atoms. The second kappa shape index (κ2) is 8.32. The maximum Gasteiger partial charge on any atom is 0.200 e. The van der Waals surface area contributed by atoms with Gasteiger partial charge in [0.25, 0.3) is 0 Å². The summed E-state index contributed by atoms with van der Waals surface area (Å²) in [7, 11) is 0. The van der Waals surface area contributed by atoms with Crippen LogP contribution in [0.2, 0.25) is 0 Å². The molecule has 0 unspecified atom stereocenters. The smallest absolute Gasteiger partial charge is 0.200 e. The van der Waals surface area contributed by atoms with Gasteiger partial charge in [-0.2, -0.15) is 0 Å². The Labute approximate surface area is 155 Å². The first-order chi connectivity index (χ1) is 12.2. The Balaban J connectivity index is 1.73. The van der Waals surface area contributed by atoms with E-state index in [1.807, 2.05) is 66.7 Å². The molecule has 0 radical (unpaired) electrons. The molecule has 3 aromatic carbocycles. The third-order valence-electron chi connectivity index (χ3n) is 3.53. The van der Waals surface area contributed by atoms with Crippen molar-refractivity contribution in [3.63, 3.8) is 0 Å². The van der Waals surface area contributed by atoms with Crippen LogP contribution in [0.1, 0.15) is 21.5 Å². The van der Waals surface area contributed by atoms with Crippen LogP contribution in [0, 0.1) is 11.8 Å². The minimum absolute atomic E-state index is 0.0129. The summed E-state index contributed by atoms with van der Waals surface area (Å²) in [6, 6.07) is 24.4. The molecule has 2 nitrogen and oxygen atoms in total. The van der Waals surface area contributed by atoms with Crippen LogP contribution in [0.15, 0.2) is 83.3 Å². The Hall–Kier alpha value is -2.83. The third-order valence-corrected chi connectivity index (χ3v) is 4.06. The molecule has 3 rings (SSSR count). The molecule has 0 atom stereocenters. The van der Waals surface area contributed by atoms with Crippen molar-refractivity contribution in [2.45, 2.75) is 0 Å². The molecule has 0 aliphatic carbocycles. The zero-order valence-corrected chi connectivity index (χ0v) is 15.0. The van der Waals surface area contributed by atoms with Gasteiger partial charge in [-0.25, -0.2) is 0 Å². The van der Waals surface area contributed by atoms with E-state index in [4.69, 9.17) is 4.74 Å². The molecule has 0 bridgehead atoms. The van der Waals surface area contributed by atoms with Crippen molar-refractivity contribution in [3.05, 3.63) is 100 Å². The number of carbonyl (C=O) groups excluding carboxylic acids is 1. The molecule has 0 saturated carbocycles. The zero-order chi connectivity index (χ0) is 17.5. The zero-order valence-electron chi connectivity index (χ0n) is 13.4. The maximum absolute atomic E-state index is 12.2. The summed E-state index contributed by atoms with van der Waals surface area (Å²) in [5, 5.41) is 0. The van der Waals surface area contributed by atoms with Gasteiger partial charge in [-0.3, -0.25) is 4.79 Å². The van der Waals surface area contributed by atoms with Crippen molar-refractivity contribution in [2.75, 3.05) is 6.61 Å². The minimum atomic E-state index is -0.0590. The summed E-state index contributed by atoms with van der Waals surface area (Å²) in [4.78, 5) is 12.2. The summed E-state index contributed by atoms with van der Waals surface area (Å²) in [5.41, 5.74) is 2.31. The van der Waals surface area contributed by atoms with E-state index >= 15 is 0 Å². The van der Waals surface area contributed by atoms with Crippen molar-refractivity contribution in [1.29, 1.82) is 0 Å². The van der Waals surface area contributed by atoms with E-state index < -0.39 is 0 Å². The number of benzene rings is 3. The van der Waals surface area contributed by atoms with Gasteiger partial charge < -0.3 is 4.74 Å². The molecule has 0 spiro atoms. The van der Waals surface area contributed by atoms with Crippen LogP contribution in [0.5, 0.6) is 5.75 Å². The first kappa shape index (κ1) is 17.0. The van der Waals surface area contributed by atoms with Crippen LogP contribution < -0.4 is 4.74 Å². The molecule has 0 fully saturated rings. The largest absolute Gasteiger partial charge is 0.484 e. The van der Waals surface area contributed by atoms with Crippen LogP contribution >= 0.6 is 15.9 Å². The quantitative estimate of drug-likeness (QED) is 0.456. The standard InChI is InChI=1S/C22H15BrO2/c23-20-14-11-17(12-15-20)10-13-19-8-4-5-9-22(19)25-16-21(24)18-6-2-1-3-7-18/h1-9,11-12,14-15H,16H2. The Morgan fingerprint density at radius 3 is 2.28 bits per heavy atom. The van der Waals surface area contributed by atoms with Gasteiger partial charge in [0.2, 0.25) is 0 Å². The van der Waals surface area contributed by atoms with Gasteiger partial charge in [0.15, 0.2) is 12.4 Å². The van der Waals surface area contributed by atoms with Gasteiger partial charge in [-0.15, -0.1) is 0 Å². The highest BCUT2D eigenvalue weighted by Gasteiger charge is 2.07. The van der Waals surface area contributed by atoms with Gasteiger partial charge >= 0.3 is 0 Å². The summed E-state index contributed by atoms with van der Waals surface area (Å²) in [6.07, 6.45) is 0. The number of halogens is 1. The topological polar surface area (TPSA) is 26.3 Å². The van der Waals surface area contributed by atoms with Gasteiger partial charge in [-0.05, 0) is 36.4 Å². The number of ether oxygens (including phenoxy) is 1. The summed E-state index contributed by atoms with van der Waals surface area (Å²) >= 11 is 3.41. The Kier molecular flexibility index (Phi) is 5.66. The number of rotatable bonds is 4. The predicted molar refractivity (Wildman–Crippen MR) is 103 cm³/mol. The van der Waals surface area contributed by atoms with Gasteiger partial charge in [0.1, 0.15) is 5.75 Å².